The van der Waals surface area contributed by atoms with Gasteiger partial charge in [0.15, 0.2) is 0 Å². The fourth-order valence-corrected chi connectivity index (χ4v) is 11.1. The topological polar surface area (TPSA) is 0 Å². The number of rotatable bonds is 9. The SMILES string of the molecule is c1ccc(-c2ccc(-c3ccc(-c4ccc(-c5c6ccccc6c(-c6ccc(-c7ccc(-c8ccccc8)cc7-c7ccccc7)cc6)c6ccccc56)c5ccccc45)cc3)c(-c3ccccc3)c2)cc1. The van der Waals surface area contributed by atoms with E-state index in [0.717, 1.165) is 0 Å². The molecule has 0 N–H and O–H groups in total. The molecule has 0 heteroatoms. The predicted octanol–water partition coefficient (Wildman–Crippen LogP) is 20.1. The van der Waals surface area contributed by atoms with Gasteiger partial charge in [0.25, 0.3) is 0 Å². The molecule has 0 aliphatic heterocycles. The summed E-state index contributed by atoms with van der Waals surface area (Å²) in [5, 5.41) is 7.44. The number of fused-ring (bicyclic) bond motifs is 3. The molecule has 0 aliphatic rings. The molecule has 0 aliphatic carbocycles. The van der Waals surface area contributed by atoms with Crippen LogP contribution in [0, 0.1) is 0 Å². The summed E-state index contributed by atoms with van der Waals surface area (Å²) in [4.78, 5) is 0. The predicted molar refractivity (Wildman–Crippen MR) is 308 cm³/mol. The Morgan fingerprint density at radius 3 is 0.806 bits per heavy atom. The Morgan fingerprint density at radius 1 is 0.125 bits per heavy atom. The highest BCUT2D eigenvalue weighted by atomic mass is 14.2. The maximum absolute atomic E-state index is 2.36. The molecule has 0 bridgehead atoms. The molecule has 13 aromatic rings. The van der Waals surface area contributed by atoms with Gasteiger partial charge in [-0.1, -0.05) is 279 Å². The molecule has 0 heterocycles. The van der Waals surface area contributed by atoms with Gasteiger partial charge >= 0.3 is 0 Å². The first kappa shape index (κ1) is 42.7. The third-order valence-corrected chi connectivity index (χ3v) is 14.5. The van der Waals surface area contributed by atoms with Crippen LogP contribution in [0.1, 0.15) is 0 Å². The Balaban J connectivity index is 0.894. The molecule has 0 unspecified atom stereocenters. The van der Waals surface area contributed by atoms with Crippen LogP contribution in [-0.4, -0.2) is 0 Å². The molecule has 0 fully saturated rings. The van der Waals surface area contributed by atoms with E-state index >= 15 is 0 Å². The Kier molecular flexibility index (Phi) is 11.0. The minimum Gasteiger partial charge on any atom is -0.0622 e. The van der Waals surface area contributed by atoms with E-state index in [4.69, 9.17) is 0 Å². The van der Waals surface area contributed by atoms with E-state index in [1.54, 1.807) is 0 Å². The van der Waals surface area contributed by atoms with E-state index in [1.165, 1.54) is 132 Å². The van der Waals surface area contributed by atoms with Crippen LogP contribution < -0.4 is 0 Å². The van der Waals surface area contributed by atoms with E-state index in [9.17, 15) is 0 Å². The average molecular weight is 913 g/mol. The Labute approximate surface area is 421 Å². The molecule has 0 saturated carbocycles. The van der Waals surface area contributed by atoms with E-state index in [2.05, 4.69) is 291 Å². The standard InChI is InChI=1S/C72H48/c1-5-19-49(20-6-1)57-41-43-60(69(47-57)51-23-9-3-10-24-51)54-35-33-53(34-36-54)59-45-46-68(63-28-14-13-27-62(59)63)72-66-31-17-15-29-64(66)71(65-30-16-18-32-67(65)72)56-39-37-55(38-40-56)61-44-42-58(50-21-7-2-8-22-50)48-70(61)52-25-11-4-12-26-52/h1-48H. The van der Waals surface area contributed by atoms with Crippen molar-refractivity contribution in [3.63, 3.8) is 0 Å². The van der Waals surface area contributed by atoms with Crippen LogP contribution in [0.25, 0.3) is 132 Å². The van der Waals surface area contributed by atoms with Crippen LogP contribution in [0.4, 0.5) is 0 Å². The van der Waals surface area contributed by atoms with Crippen molar-refractivity contribution in [3.8, 4) is 100 Å². The van der Waals surface area contributed by atoms with Crippen molar-refractivity contribution in [1.82, 2.24) is 0 Å². The highest BCUT2D eigenvalue weighted by Gasteiger charge is 2.20. The highest BCUT2D eigenvalue weighted by Crippen LogP contribution is 2.47. The fraction of sp³-hybridized carbons (Fsp3) is 0. The summed E-state index contributed by atoms with van der Waals surface area (Å²) >= 11 is 0. The maximum atomic E-state index is 2.36. The van der Waals surface area contributed by atoms with Gasteiger partial charge in [-0.05, 0) is 145 Å². The van der Waals surface area contributed by atoms with E-state index in [0.29, 0.717) is 0 Å². The molecule has 0 saturated heterocycles. The van der Waals surface area contributed by atoms with Crippen LogP contribution in [0.5, 0.6) is 0 Å². The average Bonchev–Trinajstić information content (AvgIpc) is 3.47. The number of hydrogen-bond acceptors (Lipinski definition) is 0. The molecule has 0 amide bonds. The Hall–Kier alpha value is -9.36. The van der Waals surface area contributed by atoms with Crippen LogP contribution in [-0.2, 0) is 0 Å². The third-order valence-electron chi connectivity index (χ3n) is 14.5. The molecule has 0 atom stereocenters. The van der Waals surface area contributed by atoms with Crippen molar-refractivity contribution in [2.24, 2.45) is 0 Å². The zero-order valence-corrected chi connectivity index (χ0v) is 39.7. The van der Waals surface area contributed by atoms with Crippen LogP contribution in [0.3, 0.4) is 0 Å². The second kappa shape index (κ2) is 18.5. The molecule has 0 spiro atoms. The summed E-state index contributed by atoms with van der Waals surface area (Å²) in [6, 6.07) is 107. The maximum Gasteiger partial charge on any atom is -0.00201 e. The van der Waals surface area contributed by atoms with Crippen LogP contribution in [0.2, 0.25) is 0 Å². The first-order valence-corrected chi connectivity index (χ1v) is 24.9. The second-order valence-corrected chi connectivity index (χ2v) is 18.7. The summed E-state index contributed by atoms with van der Waals surface area (Å²) in [6.07, 6.45) is 0. The first-order valence-electron chi connectivity index (χ1n) is 24.9. The Bertz CT molecular complexity index is 4020. The molecular formula is C72H48. The van der Waals surface area contributed by atoms with Crippen molar-refractivity contribution < 1.29 is 0 Å². The van der Waals surface area contributed by atoms with Gasteiger partial charge in [0, 0.05) is 0 Å². The summed E-state index contributed by atoms with van der Waals surface area (Å²) < 4.78 is 0. The molecular weight excluding hydrogens is 865 g/mol. The monoisotopic (exact) mass is 912 g/mol. The lowest BCUT2D eigenvalue weighted by molar-refractivity contribution is 1.56. The van der Waals surface area contributed by atoms with Gasteiger partial charge in [-0.15, -0.1) is 0 Å². The van der Waals surface area contributed by atoms with Crippen molar-refractivity contribution in [2.45, 2.75) is 0 Å². The minimum atomic E-state index is 1.19. The third kappa shape index (κ3) is 7.77. The van der Waals surface area contributed by atoms with Gasteiger partial charge in [-0.3, -0.25) is 0 Å². The molecule has 336 valence electrons. The molecule has 13 aromatic carbocycles. The van der Waals surface area contributed by atoms with Gasteiger partial charge in [0.2, 0.25) is 0 Å². The van der Waals surface area contributed by atoms with E-state index in [-0.39, 0.29) is 0 Å². The highest BCUT2D eigenvalue weighted by molar-refractivity contribution is 6.24. The van der Waals surface area contributed by atoms with Gasteiger partial charge in [0.05, 0.1) is 0 Å². The van der Waals surface area contributed by atoms with E-state index < -0.39 is 0 Å². The van der Waals surface area contributed by atoms with Crippen LogP contribution in [0.15, 0.2) is 291 Å². The lowest BCUT2D eigenvalue weighted by Gasteiger charge is -2.20. The Morgan fingerprint density at radius 2 is 0.389 bits per heavy atom. The van der Waals surface area contributed by atoms with Crippen molar-refractivity contribution in [3.05, 3.63) is 291 Å². The molecule has 0 radical (unpaired) electrons. The van der Waals surface area contributed by atoms with Crippen LogP contribution >= 0.6 is 0 Å². The zero-order valence-electron chi connectivity index (χ0n) is 39.7. The lowest BCUT2D eigenvalue weighted by atomic mass is 9.83. The van der Waals surface area contributed by atoms with E-state index in [1.807, 2.05) is 0 Å². The van der Waals surface area contributed by atoms with Gasteiger partial charge in [-0.25, -0.2) is 0 Å². The summed E-state index contributed by atoms with van der Waals surface area (Å²) in [6.45, 7) is 0. The minimum absolute atomic E-state index is 1.19. The van der Waals surface area contributed by atoms with Gasteiger partial charge in [-0.2, -0.15) is 0 Å². The van der Waals surface area contributed by atoms with Crippen molar-refractivity contribution in [2.75, 3.05) is 0 Å². The molecule has 72 heavy (non-hydrogen) atoms. The lowest BCUT2D eigenvalue weighted by Crippen LogP contribution is -1.93. The van der Waals surface area contributed by atoms with Gasteiger partial charge < -0.3 is 0 Å². The quantitative estimate of drug-likeness (QED) is 0.127. The molecule has 0 nitrogen and oxygen atoms in total. The van der Waals surface area contributed by atoms with Crippen molar-refractivity contribution in [1.29, 1.82) is 0 Å². The summed E-state index contributed by atoms with van der Waals surface area (Å²) in [5.74, 6) is 0. The summed E-state index contributed by atoms with van der Waals surface area (Å²) in [7, 11) is 0. The number of benzene rings is 13. The first-order chi connectivity index (χ1) is 35.7. The number of hydrogen-bond donors (Lipinski definition) is 0. The zero-order chi connectivity index (χ0) is 47.8. The second-order valence-electron chi connectivity index (χ2n) is 18.7. The summed E-state index contributed by atoms with van der Waals surface area (Å²) in [5.41, 5.74) is 21.9. The molecule has 13 rings (SSSR count). The van der Waals surface area contributed by atoms with Crippen molar-refractivity contribution >= 4 is 32.3 Å². The smallest absolute Gasteiger partial charge is 0.00201 e. The fourth-order valence-electron chi connectivity index (χ4n) is 11.1. The largest absolute Gasteiger partial charge is 0.0622 e. The van der Waals surface area contributed by atoms with Gasteiger partial charge in [0.1, 0.15) is 0 Å². The normalized spacial score (nSPS) is 11.3. The molecule has 0 aromatic heterocycles.